The van der Waals surface area contributed by atoms with E-state index in [9.17, 15) is 20.1 Å². The van der Waals surface area contributed by atoms with Crippen molar-refractivity contribution in [2.24, 2.45) is 5.92 Å². The zero-order chi connectivity index (χ0) is 32.3. The maximum absolute atomic E-state index is 10.6. The van der Waals surface area contributed by atoms with Gasteiger partial charge in [0, 0.05) is 13.0 Å². The Morgan fingerprint density at radius 3 is 1.49 bits per heavy atom. The molecule has 2 rings (SSSR count). The van der Waals surface area contributed by atoms with Crippen molar-refractivity contribution >= 4 is 5.97 Å². The number of aliphatic hydroxyl groups excluding tert-OH is 2. The largest absolute Gasteiger partial charge is 0.507 e. The highest BCUT2D eigenvalue weighted by molar-refractivity contribution is 5.67. The van der Waals surface area contributed by atoms with Crippen LogP contribution in [-0.2, 0) is 28.5 Å². The van der Waals surface area contributed by atoms with E-state index in [1.165, 1.54) is 0 Å². The van der Waals surface area contributed by atoms with Crippen molar-refractivity contribution in [1.82, 2.24) is 0 Å². The van der Waals surface area contributed by atoms with Gasteiger partial charge in [-0.3, -0.25) is 4.79 Å². The van der Waals surface area contributed by atoms with Crippen LogP contribution < -0.4 is 0 Å². The Balaban J connectivity index is 0.000000673. The second kappa shape index (κ2) is 16.6. The number of benzene rings is 2. The monoisotopic (exact) mass is 572 g/mol. The van der Waals surface area contributed by atoms with Crippen LogP contribution in [0.4, 0.5) is 0 Å². The average molecular weight is 573 g/mol. The van der Waals surface area contributed by atoms with Crippen molar-refractivity contribution in [2.45, 2.75) is 119 Å². The summed E-state index contributed by atoms with van der Waals surface area (Å²) in [4.78, 5) is 10.6. The van der Waals surface area contributed by atoms with Gasteiger partial charge in [0.05, 0.1) is 6.10 Å². The molecule has 2 aromatic rings. The fourth-order valence-electron chi connectivity index (χ4n) is 3.94. The maximum atomic E-state index is 10.6. The van der Waals surface area contributed by atoms with Crippen molar-refractivity contribution in [2.75, 3.05) is 6.61 Å². The zero-order valence-electron chi connectivity index (χ0n) is 27.4. The number of aryl methyl sites for hydroxylation is 4. The lowest BCUT2D eigenvalue weighted by Gasteiger charge is -2.23. The number of aromatic hydroxyl groups is 2. The summed E-state index contributed by atoms with van der Waals surface area (Å²) in [5.74, 6) is 0.344. The highest BCUT2D eigenvalue weighted by atomic mass is 16.4. The Hall–Kier alpha value is -2.83. The first-order valence-corrected chi connectivity index (χ1v) is 14.4. The second-order valence-corrected chi connectivity index (χ2v) is 13.5. The molecule has 232 valence electrons. The van der Waals surface area contributed by atoms with Crippen LogP contribution in [0.5, 0.6) is 11.5 Å². The first kappa shape index (κ1) is 38.2. The maximum Gasteiger partial charge on any atom is 0.303 e. The molecule has 41 heavy (non-hydrogen) atoms. The van der Waals surface area contributed by atoms with E-state index in [2.05, 4.69) is 27.4 Å². The van der Waals surface area contributed by atoms with Crippen molar-refractivity contribution in [1.29, 1.82) is 0 Å². The lowest BCUT2D eigenvalue weighted by atomic mass is 9.83. The molecule has 1 atom stereocenters. The number of hydrogen-bond acceptors (Lipinski definition) is 5. The third-order valence-corrected chi connectivity index (χ3v) is 6.60. The number of phenols is 2. The normalized spacial score (nSPS) is 12.1. The Kier molecular flexibility index (Phi) is 15.4. The molecule has 2 aromatic carbocycles. The fraction of sp³-hybridized carbons (Fsp3) is 0.571. The zero-order valence-corrected chi connectivity index (χ0v) is 27.4. The molecule has 0 aliphatic carbocycles. The molecule has 0 saturated carbocycles. The summed E-state index contributed by atoms with van der Waals surface area (Å²) in [5, 5.41) is 46.8. The minimum absolute atomic E-state index is 0.0855. The summed E-state index contributed by atoms with van der Waals surface area (Å²) in [7, 11) is 0. The van der Waals surface area contributed by atoms with Gasteiger partial charge in [-0.25, -0.2) is 0 Å². The van der Waals surface area contributed by atoms with E-state index in [1.807, 2.05) is 79.7 Å². The topological polar surface area (TPSA) is 118 Å². The molecule has 0 heterocycles. The van der Waals surface area contributed by atoms with Crippen LogP contribution in [0.25, 0.3) is 0 Å². The highest BCUT2D eigenvalue weighted by Gasteiger charge is 2.21. The van der Waals surface area contributed by atoms with E-state index in [0.29, 0.717) is 36.9 Å². The molecular formula is C35H56O6. The van der Waals surface area contributed by atoms with E-state index in [0.717, 1.165) is 45.4 Å². The molecule has 0 aliphatic rings. The summed E-state index contributed by atoms with van der Waals surface area (Å²) in [5.41, 5.74) is 6.22. The third-order valence-electron chi connectivity index (χ3n) is 6.60. The lowest BCUT2D eigenvalue weighted by molar-refractivity contribution is -0.136. The van der Waals surface area contributed by atoms with Crippen LogP contribution in [0, 0.1) is 19.8 Å². The van der Waals surface area contributed by atoms with Crippen LogP contribution in [0.2, 0.25) is 0 Å². The molecule has 6 nitrogen and oxygen atoms in total. The van der Waals surface area contributed by atoms with Crippen molar-refractivity contribution in [3.05, 3.63) is 69.8 Å². The molecule has 6 heteroatoms. The van der Waals surface area contributed by atoms with Gasteiger partial charge >= 0.3 is 5.97 Å². The van der Waals surface area contributed by atoms with Gasteiger partial charge in [-0.1, -0.05) is 91.8 Å². The molecule has 0 fully saturated rings. The number of aliphatic hydroxyl groups is 2. The number of aliphatic carboxylic acids is 1. The van der Waals surface area contributed by atoms with Gasteiger partial charge in [-0.05, 0) is 90.2 Å². The number of carboxylic acid groups (broad SMARTS) is 1. The molecule has 0 aliphatic heterocycles. The van der Waals surface area contributed by atoms with Crippen LogP contribution in [0.1, 0.15) is 109 Å². The molecule has 0 saturated heterocycles. The molecular weight excluding hydrogens is 516 g/mol. The van der Waals surface area contributed by atoms with E-state index in [4.69, 9.17) is 10.2 Å². The quantitative estimate of drug-likeness (QED) is 0.209. The molecule has 0 spiro atoms. The Morgan fingerprint density at radius 1 is 0.829 bits per heavy atom. The molecule has 0 aromatic heterocycles. The van der Waals surface area contributed by atoms with E-state index in [-0.39, 0.29) is 17.3 Å². The summed E-state index contributed by atoms with van der Waals surface area (Å²) in [6, 6.07) is 7.81. The third kappa shape index (κ3) is 14.1. The van der Waals surface area contributed by atoms with Gasteiger partial charge in [0.2, 0.25) is 0 Å². The first-order valence-electron chi connectivity index (χ1n) is 14.4. The minimum Gasteiger partial charge on any atom is -0.507 e. The van der Waals surface area contributed by atoms with Crippen LogP contribution in [0.3, 0.4) is 0 Å². The number of carboxylic acids is 1. The Bertz CT molecular complexity index is 1130. The second-order valence-electron chi connectivity index (χ2n) is 13.5. The number of phenolic OH excluding ortho intramolecular Hbond substituents is 2. The average Bonchev–Trinajstić information content (AvgIpc) is 2.84. The van der Waals surface area contributed by atoms with Crippen LogP contribution in [-0.4, -0.2) is 44.2 Å². The predicted octanol–water partition coefficient (Wildman–Crippen LogP) is 7.52. The molecule has 0 bridgehead atoms. The van der Waals surface area contributed by atoms with Gasteiger partial charge in [0.1, 0.15) is 11.5 Å². The summed E-state index contributed by atoms with van der Waals surface area (Å²) in [6.45, 7) is 26.0. The lowest BCUT2D eigenvalue weighted by Crippen LogP contribution is -2.13. The SMILES string of the molecule is C=C(C)C(O)CCc1cc(C)c(O)c(C(C)(C)C)c1.CC(C)CO.Cc1cc(CCC(=O)O)cc(C(C)(C)C)c1O. The van der Waals surface area contributed by atoms with E-state index < -0.39 is 12.1 Å². The van der Waals surface area contributed by atoms with E-state index in [1.54, 1.807) is 0 Å². The van der Waals surface area contributed by atoms with Gasteiger partial charge in [0.15, 0.2) is 0 Å². The van der Waals surface area contributed by atoms with E-state index >= 15 is 0 Å². The summed E-state index contributed by atoms with van der Waals surface area (Å²) < 4.78 is 0. The van der Waals surface area contributed by atoms with Gasteiger partial charge in [0.25, 0.3) is 0 Å². The minimum atomic E-state index is -0.798. The van der Waals surface area contributed by atoms with Gasteiger partial charge in [-0.2, -0.15) is 0 Å². The smallest absolute Gasteiger partial charge is 0.303 e. The van der Waals surface area contributed by atoms with Crippen LogP contribution in [0.15, 0.2) is 36.4 Å². The fourth-order valence-corrected chi connectivity index (χ4v) is 3.94. The number of carbonyl (C=O) groups is 1. The molecule has 1 unspecified atom stereocenters. The van der Waals surface area contributed by atoms with Crippen molar-refractivity contribution in [3.8, 4) is 11.5 Å². The van der Waals surface area contributed by atoms with Gasteiger partial charge < -0.3 is 25.5 Å². The van der Waals surface area contributed by atoms with Crippen molar-refractivity contribution in [3.63, 3.8) is 0 Å². The van der Waals surface area contributed by atoms with Gasteiger partial charge in [-0.15, -0.1) is 0 Å². The molecule has 0 radical (unpaired) electrons. The number of rotatable bonds is 8. The molecule has 5 N–H and O–H groups in total. The molecule has 0 amide bonds. The van der Waals surface area contributed by atoms with Crippen LogP contribution >= 0.6 is 0 Å². The van der Waals surface area contributed by atoms with Crippen molar-refractivity contribution < 1.29 is 30.3 Å². The summed E-state index contributed by atoms with van der Waals surface area (Å²) >= 11 is 0. The number of hydrogen-bond donors (Lipinski definition) is 5. The highest BCUT2D eigenvalue weighted by Crippen LogP contribution is 2.35. The predicted molar refractivity (Wildman–Crippen MR) is 170 cm³/mol. The Morgan fingerprint density at radius 2 is 1.20 bits per heavy atom. The summed E-state index contributed by atoms with van der Waals surface area (Å²) in [6.07, 6.45) is 1.63. The first-order chi connectivity index (χ1) is 18.6. The Labute approximate surface area is 248 Å². The standard InChI is InChI=1S/C17H26O2.C14H20O3.C4H10O/c1-11(2)15(18)8-7-13-9-12(3)16(19)14(10-13)17(4,5)6;1-9-7-10(5-6-12(15)16)8-11(13(9)17)14(2,3)4;1-4(2)3-5/h9-10,15,18-19H,1,7-8H2,2-6H3;7-8,17H,5-6H2,1-4H3,(H,15,16);4-5H,3H2,1-2H3.